The monoisotopic (exact) mass is 256 g/mol. The van der Waals surface area contributed by atoms with Crippen molar-refractivity contribution in [2.75, 3.05) is 19.6 Å². The van der Waals surface area contributed by atoms with Crippen molar-refractivity contribution in [2.45, 2.75) is 13.0 Å². The van der Waals surface area contributed by atoms with E-state index in [1.54, 1.807) is 11.0 Å². The molecule has 2 rings (SSSR count). The molecule has 1 fully saturated rings. The second-order valence-electron chi connectivity index (χ2n) is 4.15. The van der Waals surface area contributed by atoms with Crippen molar-refractivity contribution >= 4 is 17.5 Å². The number of rotatable bonds is 1. The molecule has 1 amide bonds. The van der Waals surface area contributed by atoms with Crippen LogP contribution in [0.2, 0.25) is 5.02 Å². The zero-order valence-electron chi connectivity index (χ0n) is 9.54. The molecule has 1 atom stereocenters. The molecular weight excluding hydrogens is 243 g/mol. The summed E-state index contributed by atoms with van der Waals surface area (Å²) in [6.07, 6.45) is 0. The highest BCUT2D eigenvalue weighted by atomic mass is 35.5. The molecule has 0 radical (unpaired) electrons. The van der Waals surface area contributed by atoms with Gasteiger partial charge in [-0.3, -0.25) is 4.79 Å². The molecule has 0 aliphatic carbocycles. The van der Waals surface area contributed by atoms with Gasteiger partial charge in [-0.25, -0.2) is 4.39 Å². The van der Waals surface area contributed by atoms with Gasteiger partial charge >= 0.3 is 0 Å². The predicted molar refractivity (Wildman–Crippen MR) is 64.8 cm³/mol. The number of piperazine rings is 1. The first kappa shape index (κ1) is 12.3. The minimum atomic E-state index is -0.555. The van der Waals surface area contributed by atoms with Crippen LogP contribution in [-0.2, 0) is 0 Å². The van der Waals surface area contributed by atoms with Gasteiger partial charge in [0.25, 0.3) is 5.91 Å². The van der Waals surface area contributed by atoms with Crippen molar-refractivity contribution in [1.29, 1.82) is 0 Å². The second kappa shape index (κ2) is 5.02. The lowest BCUT2D eigenvalue weighted by atomic mass is 10.1. The summed E-state index contributed by atoms with van der Waals surface area (Å²) >= 11 is 5.82. The third-order valence-electron chi connectivity index (χ3n) is 2.94. The van der Waals surface area contributed by atoms with E-state index in [2.05, 4.69) is 5.32 Å². The minimum absolute atomic E-state index is 0.0931. The van der Waals surface area contributed by atoms with Gasteiger partial charge in [0, 0.05) is 25.7 Å². The summed E-state index contributed by atoms with van der Waals surface area (Å²) in [5, 5.41) is 3.10. The van der Waals surface area contributed by atoms with Gasteiger partial charge in [-0.05, 0) is 19.1 Å². The molecule has 1 aliphatic heterocycles. The Balaban J connectivity index is 2.27. The average molecular weight is 257 g/mol. The molecule has 0 spiro atoms. The minimum Gasteiger partial charge on any atom is -0.333 e. The third-order valence-corrected chi connectivity index (χ3v) is 3.33. The van der Waals surface area contributed by atoms with Crippen LogP contribution in [0.25, 0.3) is 0 Å². The molecule has 0 bridgehead atoms. The van der Waals surface area contributed by atoms with Crippen molar-refractivity contribution in [3.63, 3.8) is 0 Å². The molecule has 92 valence electrons. The number of hydrogen-bond donors (Lipinski definition) is 1. The van der Waals surface area contributed by atoms with E-state index in [1.165, 1.54) is 12.1 Å². The number of carbonyl (C=O) groups is 1. The highest BCUT2D eigenvalue weighted by molar-refractivity contribution is 6.34. The van der Waals surface area contributed by atoms with E-state index in [0.29, 0.717) is 6.54 Å². The maximum Gasteiger partial charge on any atom is 0.255 e. The number of nitrogens with one attached hydrogen (secondary N) is 1. The lowest BCUT2D eigenvalue weighted by Crippen LogP contribution is -2.52. The SMILES string of the molecule is C[C@@H]1CNCCN1C(=O)c1cccc(F)c1Cl. The summed E-state index contributed by atoms with van der Waals surface area (Å²) in [5.41, 5.74) is 0.236. The summed E-state index contributed by atoms with van der Waals surface area (Å²) in [4.78, 5) is 13.9. The van der Waals surface area contributed by atoms with E-state index >= 15 is 0 Å². The van der Waals surface area contributed by atoms with Crippen LogP contribution in [0, 0.1) is 5.82 Å². The summed E-state index contributed by atoms with van der Waals surface area (Å²) in [6.45, 7) is 4.08. The van der Waals surface area contributed by atoms with Crippen molar-refractivity contribution in [3.05, 3.63) is 34.6 Å². The lowest BCUT2D eigenvalue weighted by molar-refractivity contribution is 0.0655. The van der Waals surface area contributed by atoms with Crippen LogP contribution >= 0.6 is 11.6 Å². The summed E-state index contributed by atoms with van der Waals surface area (Å²) < 4.78 is 13.3. The molecule has 1 aromatic carbocycles. The van der Waals surface area contributed by atoms with Crippen LogP contribution in [0.4, 0.5) is 4.39 Å². The Hall–Kier alpha value is -1.13. The molecule has 0 aromatic heterocycles. The maximum absolute atomic E-state index is 13.3. The molecule has 17 heavy (non-hydrogen) atoms. The number of halogens is 2. The summed E-state index contributed by atoms with van der Waals surface area (Å²) in [7, 11) is 0. The Bertz CT molecular complexity index is 439. The number of benzene rings is 1. The van der Waals surface area contributed by atoms with Crippen molar-refractivity contribution < 1.29 is 9.18 Å². The zero-order valence-corrected chi connectivity index (χ0v) is 10.3. The number of amides is 1. The van der Waals surface area contributed by atoms with Crippen LogP contribution in [-0.4, -0.2) is 36.5 Å². The number of carbonyl (C=O) groups excluding carboxylic acids is 1. The first-order valence-electron chi connectivity index (χ1n) is 5.57. The third kappa shape index (κ3) is 2.42. The highest BCUT2D eigenvalue weighted by Crippen LogP contribution is 2.22. The quantitative estimate of drug-likeness (QED) is 0.833. The molecule has 1 aliphatic rings. The normalized spacial score (nSPS) is 20.4. The summed E-state index contributed by atoms with van der Waals surface area (Å²) in [6, 6.07) is 4.40. The van der Waals surface area contributed by atoms with E-state index in [1.807, 2.05) is 6.92 Å². The van der Waals surface area contributed by atoms with Crippen LogP contribution in [0.1, 0.15) is 17.3 Å². The molecule has 0 unspecified atom stereocenters. The topological polar surface area (TPSA) is 32.3 Å². The fraction of sp³-hybridized carbons (Fsp3) is 0.417. The first-order valence-corrected chi connectivity index (χ1v) is 5.94. The first-order chi connectivity index (χ1) is 8.11. The Morgan fingerprint density at radius 2 is 2.35 bits per heavy atom. The fourth-order valence-corrected chi connectivity index (χ4v) is 2.17. The van der Waals surface area contributed by atoms with E-state index in [-0.39, 0.29) is 22.5 Å². The molecule has 0 saturated carbocycles. The van der Waals surface area contributed by atoms with Crippen LogP contribution < -0.4 is 5.32 Å². The Labute approximate surface area is 105 Å². The Morgan fingerprint density at radius 1 is 1.59 bits per heavy atom. The van der Waals surface area contributed by atoms with E-state index in [0.717, 1.165) is 13.1 Å². The average Bonchev–Trinajstić information content (AvgIpc) is 2.32. The van der Waals surface area contributed by atoms with Crippen molar-refractivity contribution in [3.8, 4) is 0 Å². The lowest BCUT2D eigenvalue weighted by Gasteiger charge is -2.34. The maximum atomic E-state index is 13.3. The standard InChI is InChI=1S/C12H14ClFN2O/c1-8-7-15-5-6-16(8)12(17)9-3-2-4-10(14)11(9)13/h2-4,8,15H,5-7H2,1H3/t8-/m1/s1. The van der Waals surface area contributed by atoms with Gasteiger partial charge in [0.2, 0.25) is 0 Å². The van der Waals surface area contributed by atoms with Gasteiger partial charge in [0.05, 0.1) is 10.6 Å². The van der Waals surface area contributed by atoms with Crippen molar-refractivity contribution in [1.82, 2.24) is 10.2 Å². The highest BCUT2D eigenvalue weighted by Gasteiger charge is 2.26. The zero-order chi connectivity index (χ0) is 12.4. The second-order valence-corrected chi connectivity index (χ2v) is 4.53. The molecule has 1 saturated heterocycles. The summed E-state index contributed by atoms with van der Waals surface area (Å²) in [5.74, 6) is -0.760. The molecule has 1 heterocycles. The predicted octanol–water partition coefficient (Wildman–Crippen LogP) is 1.91. The Kier molecular flexibility index (Phi) is 3.64. The van der Waals surface area contributed by atoms with Crippen molar-refractivity contribution in [2.24, 2.45) is 0 Å². The van der Waals surface area contributed by atoms with Gasteiger partial charge in [-0.2, -0.15) is 0 Å². The molecule has 1 N–H and O–H groups in total. The van der Waals surface area contributed by atoms with Gasteiger partial charge in [-0.1, -0.05) is 17.7 Å². The van der Waals surface area contributed by atoms with Crippen LogP contribution in [0.3, 0.4) is 0 Å². The molecule has 3 nitrogen and oxygen atoms in total. The van der Waals surface area contributed by atoms with Gasteiger partial charge in [0.1, 0.15) is 5.82 Å². The molecule has 5 heteroatoms. The van der Waals surface area contributed by atoms with Crippen LogP contribution in [0.15, 0.2) is 18.2 Å². The molecule has 1 aromatic rings. The van der Waals surface area contributed by atoms with Crippen LogP contribution in [0.5, 0.6) is 0 Å². The number of hydrogen-bond acceptors (Lipinski definition) is 2. The smallest absolute Gasteiger partial charge is 0.255 e. The largest absolute Gasteiger partial charge is 0.333 e. The van der Waals surface area contributed by atoms with Gasteiger partial charge in [-0.15, -0.1) is 0 Å². The van der Waals surface area contributed by atoms with Gasteiger partial charge < -0.3 is 10.2 Å². The number of nitrogens with zero attached hydrogens (tertiary/aromatic N) is 1. The van der Waals surface area contributed by atoms with E-state index < -0.39 is 5.82 Å². The fourth-order valence-electron chi connectivity index (χ4n) is 1.97. The van der Waals surface area contributed by atoms with E-state index in [4.69, 9.17) is 11.6 Å². The van der Waals surface area contributed by atoms with E-state index in [9.17, 15) is 9.18 Å². The molecular formula is C12H14ClFN2O. The van der Waals surface area contributed by atoms with Gasteiger partial charge in [0.15, 0.2) is 0 Å². The Morgan fingerprint density at radius 3 is 3.06 bits per heavy atom.